The fraction of sp³-hybridized carbons (Fsp3) is 0.394. The molecular weight excluding hydrogens is 535 g/mol. The Labute approximate surface area is 248 Å². The van der Waals surface area contributed by atoms with Crippen LogP contribution < -0.4 is 19.1 Å². The van der Waals surface area contributed by atoms with Crippen molar-refractivity contribution in [2.45, 2.75) is 40.5 Å². The first-order valence-electron chi connectivity index (χ1n) is 14.3. The highest BCUT2D eigenvalue weighted by molar-refractivity contribution is 5.98. The number of hydrogen-bond acceptors (Lipinski definition) is 6. The summed E-state index contributed by atoms with van der Waals surface area (Å²) in [4.78, 5) is 22.0. The Bertz CT molecular complexity index is 1460. The van der Waals surface area contributed by atoms with E-state index in [1.54, 1.807) is 32.4 Å². The number of aryl methyl sites for hydroxylation is 1. The first-order valence-corrected chi connectivity index (χ1v) is 14.3. The zero-order chi connectivity index (χ0) is 30.8. The van der Waals surface area contributed by atoms with E-state index in [4.69, 9.17) is 14.2 Å². The van der Waals surface area contributed by atoms with Crippen molar-refractivity contribution in [2.75, 3.05) is 52.4 Å². The highest BCUT2D eigenvalue weighted by Gasteiger charge is 2.21. The van der Waals surface area contributed by atoms with Crippen LogP contribution in [0.4, 0.5) is 10.2 Å². The quantitative estimate of drug-likeness (QED) is 0.243. The van der Waals surface area contributed by atoms with Crippen molar-refractivity contribution < 1.29 is 23.4 Å². The summed E-state index contributed by atoms with van der Waals surface area (Å²) in [6, 6.07) is 13.6. The third kappa shape index (κ3) is 7.13. The number of nitrogens with zero attached hydrogens (tertiary/aromatic N) is 3. The molecule has 5 rings (SSSR count). The number of hydrogen-bond donors (Lipinski definition) is 1. The molecule has 1 saturated heterocycles. The number of carbonyl (C=O) groups is 1. The molecule has 8 nitrogen and oxygen atoms in total. The molecule has 0 atom stereocenters. The van der Waals surface area contributed by atoms with Crippen LogP contribution in [-0.2, 0) is 4.79 Å². The molecule has 2 aromatic heterocycles. The van der Waals surface area contributed by atoms with E-state index in [0.717, 1.165) is 58.8 Å². The van der Waals surface area contributed by atoms with Crippen molar-refractivity contribution >= 4 is 23.1 Å². The molecule has 3 heterocycles. The normalized spacial score (nSPS) is 12.7. The summed E-state index contributed by atoms with van der Waals surface area (Å²) in [6.07, 6.45) is 2.56. The van der Waals surface area contributed by atoms with Gasteiger partial charge in [0.15, 0.2) is 17.4 Å². The van der Waals surface area contributed by atoms with E-state index in [1.807, 2.05) is 77.1 Å². The number of ether oxygens (including phenoxy) is 3. The first kappa shape index (κ1) is 32.2. The molecular formula is C33H43FN4O4. The van der Waals surface area contributed by atoms with E-state index < -0.39 is 0 Å². The number of carbonyl (C=O) groups excluding carboxylic acids is 1. The smallest absolute Gasteiger partial charge is 0.209 e. The summed E-state index contributed by atoms with van der Waals surface area (Å²) in [5.74, 6) is 2.90. The molecule has 1 aliphatic heterocycles. The lowest BCUT2D eigenvalue weighted by Gasteiger charge is -2.33. The van der Waals surface area contributed by atoms with Crippen molar-refractivity contribution in [3.8, 4) is 28.4 Å². The standard InChI is InChI=1S/C19H20FNO.C12H17N3O3.C2H6/c1-11(2)14-10-15(13-7-5-6-8-17(13)22-4)16-9-12(3)21-19(16)18(14)20;1-17-10-7-11(18-2)12(13-8-10)15-5-3-14(9-16)4-6-15;1-2/h5-11,21H,1-4H3;7-9H,3-6H2,1-2H3;1-2H3. The maximum atomic E-state index is 14.7. The van der Waals surface area contributed by atoms with Crippen LogP contribution in [0.3, 0.4) is 0 Å². The number of fused-ring (bicyclic) bond motifs is 1. The van der Waals surface area contributed by atoms with Crippen LogP contribution in [0.2, 0.25) is 0 Å². The number of piperazine rings is 1. The summed E-state index contributed by atoms with van der Waals surface area (Å²) in [5.41, 5.74) is 4.23. The van der Waals surface area contributed by atoms with Gasteiger partial charge in [0.2, 0.25) is 6.41 Å². The Morgan fingerprint density at radius 1 is 0.929 bits per heavy atom. The van der Waals surface area contributed by atoms with E-state index in [2.05, 4.69) is 14.9 Å². The van der Waals surface area contributed by atoms with E-state index in [1.165, 1.54) is 0 Å². The fourth-order valence-electron chi connectivity index (χ4n) is 4.88. The minimum absolute atomic E-state index is 0.112. The number of pyridine rings is 1. The van der Waals surface area contributed by atoms with E-state index in [-0.39, 0.29) is 11.7 Å². The predicted molar refractivity (Wildman–Crippen MR) is 168 cm³/mol. The number of rotatable bonds is 7. The number of benzene rings is 2. The average Bonchev–Trinajstić information content (AvgIpc) is 3.44. The number of methoxy groups -OCH3 is 3. The number of aromatic amines is 1. The van der Waals surface area contributed by atoms with Crippen LogP contribution in [0.5, 0.6) is 17.2 Å². The van der Waals surface area contributed by atoms with Gasteiger partial charge < -0.3 is 29.0 Å². The van der Waals surface area contributed by atoms with Crippen molar-refractivity contribution in [3.63, 3.8) is 0 Å². The van der Waals surface area contributed by atoms with Gasteiger partial charge in [0.1, 0.15) is 11.5 Å². The molecule has 0 unspecified atom stereocenters. The van der Waals surface area contributed by atoms with E-state index in [0.29, 0.717) is 30.1 Å². The van der Waals surface area contributed by atoms with Crippen LogP contribution in [0.1, 0.15) is 44.9 Å². The number of H-pyrrole nitrogens is 1. The Balaban J connectivity index is 0.000000222. The maximum absolute atomic E-state index is 14.7. The van der Waals surface area contributed by atoms with Crippen LogP contribution in [0.25, 0.3) is 22.0 Å². The molecule has 9 heteroatoms. The first-order chi connectivity index (χ1) is 20.3. The van der Waals surface area contributed by atoms with Gasteiger partial charge in [-0.05, 0) is 42.2 Å². The minimum atomic E-state index is -0.156. The lowest BCUT2D eigenvalue weighted by atomic mass is 9.93. The fourth-order valence-corrected chi connectivity index (χ4v) is 4.88. The Hall–Kier alpha value is -4.27. The van der Waals surface area contributed by atoms with Crippen LogP contribution in [-0.4, -0.2) is 68.8 Å². The molecule has 4 aromatic rings. The molecule has 0 radical (unpaired) electrons. The maximum Gasteiger partial charge on any atom is 0.209 e. The second-order valence-electron chi connectivity index (χ2n) is 9.95. The predicted octanol–water partition coefficient (Wildman–Crippen LogP) is 6.82. The SMILES string of the molecule is CC.COc1ccccc1-c1cc(C(C)C)c(F)c2[nH]c(C)cc12.COc1cnc(N2CCN(C=O)CC2)c(OC)c1. The van der Waals surface area contributed by atoms with E-state index in [9.17, 15) is 9.18 Å². The average molecular weight is 579 g/mol. The van der Waals surface area contributed by atoms with Gasteiger partial charge in [-0.2, -0.15) is 0 Å². The zero-order valence-corrected chi connectivity index (χ0v) is 26.0. The van der Waals surface area contributed by atoms with Crippen LogP contribution in [0, 0.1) is 12.7 Å². The number of para-hydroxylation sites is 1. The molecule has 0 spiro atoms. The number of anilines is 1. The van der Waals surface area contributed by atoms with Gasteiger partial charge in [-0.1, -0.05) is 45.9 Å². The van der Waals surface area contributed by atoms with E-state index >= 15 is 0 Å². The number of halogens is 1. The molecule has 1 aliphatic rings. The number of amides is 1. The molecule has 1 amide bonds. The van der Waals surface area contributed by atoms with Gasteiger partial charge in [0.25, 0.3) is 0 Å². The van der Waals surface area contributed by atoms with Gasteiger partial charge in [0.05, 0.1) is 33.0 Å². The third-order valence-electron chi connectivity index (χ3n) is 7.06. The Morgan fingerprint density at radius 3 is 2.19 bits per heavy atom. The largest absolute Gasteiger partial charge is 0.496 e. The summed E-state index contributed by atoms with van der Waals surface area (Å²) in [7, 11) is 4.87. The molecule has 1 N–H and O–H groups in total. The van der Waals surface area contributed by atoms with Gasteiger partial charge in [-0.25, -0.2) is 9.37 Å². The topological polar surface area (TPSA) is 79.9 Å². The van der Waals surface area contributed by atoms with Gasteiger partial charge in [-0.3, -0.25) is 4.79 Å². The van der Waals surface area contributed by atoms with Crippen molar-refractivity contribution in [1.29, 1.82) is 0 Å². The number of nitrogens with one attached hydrogen (secondary N) is 1. The van der Waals surface area contributed by atoms with Gasteiger partial charge >= 0.3 is 0 Å². The lowest BCUT2D eigenvalue weighted by Crippen LogP contribution is -2.46. The zero-order valence-electron chi connectivity index (χ0n) is 26.0. The molecule has 0 saturated carbocycles. The van der Waals surface area contributed by atoms with Gasteiger partial charge in [0, 0.05) is 48.9 Å². The lowest BCUT2D eigenvalue weighted by molar-refractivity contribution is -0.118. The second kappa shape index (κ2) is 15.1. The minimum Gasteiger partial charge on any atom is -0.496 e. The summed E-state index contributed by atoms with van der Waals surface area (Å²) in [5, 5.41) is 0.893. The molecule has 42 heavy (non-hydrogen) atoms. The van der Waals surface area contributed by atoms with Gasteiger partial charge in [-0.15, -0.1) is 0 Å². The molecule has 0 bridgehead atoms. The third-order valence-corrected chi connectivity index (χ3v) is 7.06. The summed E-state index contributed by atoms with van der Waals surface area (Å²) < 4.78 is 30.7. The highest BCUT2D eigenvalue weighted by Crippen LogP contribution is 2.39. The Kier molecular flexibility index (Phi) is 11.6. The summed E-state index contributed by atoms with van der Waals surface area (Å²) >= 11 is 0. The van der Waals surface area contributed by atoms with Crippen LogP contribution in [0.15, 0.2) is 48.7 Å². The Morgan fingerprint density at radius 2 is 1.60 bits per heavy atom. The second-order valence-corrected chi connectivity index (χ2v) is 9.95. The molecule has 226 valence electrons. The van der Waals surface area contributed by atoms with Crippen molar-refractivity contribution in [1.82, 2.24) is 14.9 Å². The monoisotopic (exact) mass is 578 g/mol. The highest BCUT2D eigenvalue weighted by atomic mass is 19.1. The van der Waals surface area contributed by atoms with Crippen molar-refractivity contribution in [3.05, 3.63) is 65.7 Å². The molecule has 2 aromatic carbocycles. The molecule has 1 fully saturated rings. The van der Waals surface area contributed by atoms with Crippen molar-refractivity contribution in [2.24, 2.45) is 0 Å². The number of aromatic nitrogens is 2. The summed E-state index contributed by atoms with van der Waals surface area (Å²) in [6.45, 7) is 12.9. The van der Waals surface area contributed by atoms with Crippen LogP contribution >= 0.6 is 0 Å². The molecule has 0 aliphatic carbocycles.